The first-order chi connectivity index (χ1) is 7.70. The van der Waals surface area contributed by atoms with Gasteiger partial charge in [0.25, 0.3) is 0 Å². The quantitative estimate of drug-likeness (QED) is 0.859. The number of halogens is 1. The molecule has 0 saturated heterocycles. The van der Waals surface area contributed by atoms with E-state index in [0.29, 0.717) is 11.6 Å². The molecule has 1 N–H and O–H groups in total. The molecule has 0 aliphatic heterocycles. The average molecular weight is 219 g/mol. The fourth-order valence-corrected chi connectivity index (χ4v) is 1.53. The Morgan fingerprint density at radius 3 is 2.94 bits per heavy atom. The first-order valence-electron chi connectivity index (χ1n) is 5.25. The second-order valence-electron chi connectivity index (χ2n) is 3.65. The number of benzene rings is 1. The molecule has 0 saturated carbocycles. The second kappa shape index (κ2) is 4.35. The second-order valence-corrected chi connectivity index (χ2v) is 3.65. The number of hydrogen-bond acceptors (Lipinski definition) is 2. The zero-order valence-corrected chi connectivity index (χ0v) is 9.37. The van der Waals surface area contributed by atoms with Crippen molar-refractivity contribution in [3.8, 4) is 0 Å². The maximum Gasteiger partial charge on any atom is 0.207 e. The number of hydrogen-bond donors (Lipinski definition) is 1. The summed E-state index contributed by atoms with van der Waals surface area (Å²) in [5.41, 5.74) is 1.35. The van der Waals surface area contributed by atoms with E-state index in [0.717, 1.165) is 12.1 Å². The van der Waals surface area contributed by atoms with Crippen molar-refractivity contribution in [3.05, 3.63) is 42.0 Å². The summed E-state index contributed by atoms with van der Waals surface area (Å²) < 4.78 is 15.5. The summed E-state index contributed by atoms with van der Waals surface area (Å²) in [4.78, 5) is 4.13. The van der Waals surface area contributed by atoms with Crippen LogP contribution in [0, 0.1) is 12.7 Å². The minimum absolute atomic E-state index is 0.259. The van der Waals surface area contributed by atoms with Crippen molar-refractivity contribution in [1.29, 1.82) is 0 Å². The SMILES string of the molecule is CCn1ccnc1Nc1ccc(C)cc1F. The third-order valence-electron chi connectivity index (χ3n) is 2.43. The van der Waals surface area contributed by atoms with E-state index in [4.69, 9.17) is 0 Å². The van der Waals surface area contributed by atoms with Crippen LogP contribution in [0.4, 0.5) is 16.0 Å². The molecule has 0 atom stereocenters. The molecule has 0 amide bonds. The standard InChI is InChI=1S/C12H14FN3/c1-3-16-7-6-14-12(16)15-11-5-4-9(2)8-10(11)13/h4-8H,3H2,1-2H3,(H,14,15). The third-order valence-corrected chi connectivity index (χ3v) is 2.43. The number of aromatic nitrogens is 2. The van der Waals surface area contributed by atoms with Gasteiger partial charge in [0, 0.05) is 18.9 Å². The van der Waals surface area contributed by atoms with Crippen molar-refractivity contribution >= 4 is 11.6 Å². The molecule has 3 nitrogen and oxygen atoms in total. The monoisotopic (exact) mass is 219 g/mol. The Morgan fingerprint density at radius 2 is 2.25 bits per heavy atom. The van der Waals surface area contributed by atoms with Gasteiger partial charge in [0.2, 0.25) is 5.95 Å². The van der Waals surface area contributed by atoms with E-state index in [1.165, 1.54) is 6.07 Å². The molecule has 16 heavy (non-hydrogen) atoms. The molecule has 1 aromatic carbocycles. The first kappa shape index (κ1) is 10.7. The fraction of sp³-hybridized carbons (Fsp3) is 0.250. The Morgan fingerprint density at radius 1 is 1.44 bits per heavy atom. The fourth-order valence-electron chi connectivity index (χ4n) is 1.53. The Bertz CT molecular complexity index is 491. The van der Waals surface area contributed by atoms with Crippen molar-refractivity contribution < 1.29 is 4.39 Å². The zero-order valence-electron chi connectivity index (χ0n) is 9.37. The van der Waals surface area contributed by atoms with Crippen LogP contribution in [-0.4, -0.2) is 9.55 Å². The Balaban J connectivity index is 2.27. The first-order valence-corrected chi connectivity index (χ1v) is 5.25. The molecular weight excluding hydrogens is 205 g/mol. The average Bonchev–Trinajstić information content (AvgIpc) is 2.69. The minimum atomic E-state index is -0.259. The molecule has 84 valence electrons. The summed E-state index contributed by atoms with van der Waals surface area (Å²) >= 11 is 0. The number of aryl methyl sites for hydroxylation is 2. The molecular formula is C12H14FN3. The lowest BCUT2D eigenvalue weighted by atomic mass is 10.2. The Labute approximate surface area is 93.9 Å². The van der Waals surface area contributed by atoms with Crippen molar-refractivity contribution in [1.82, 2.24) is 9.55 Å². The van der Waals surface area contributed by atoms with Crippen LogP contribution in [0.1, 0.15) is 12.5 Å². The van der Waals surface area contributed by atoms with Crippen LogP contribution in [0.25, 0.3) is 0 Å². The maximum atomic E-state index is 13.6. The van der Waals surface area contributed by atoms with E-state index in [1.807, 2.05) is 30.7 Å². The molecule has 0 spiro atoms. The van der Waals surface area contributed by atoms with Crippen LogP contribution in [0.5, 0.6) is 0 Å². The van der Waals surface area contributed by atoms with Gasteiger partial charge in [0.05, 0.1) is 5.69 Å². The topological polar surface area (TPSA) is 29.9 Å². The lowest BCUT2D eigenvalue weighted by Gasteiger charge is -2.08. The Kier molecular flexibility index (Phi) is 2.90. The molecule has 1 heterocycles. The molecule has 0 bridgehead atoms. The normalized spacial score (nSPS) is 10.4. The smallest absolute Gasteiger partial charge is 0.207 e. The van der Waals surface area contributed by atoms with Crippen LogP contribution in [0.15, 0.2) is 30.6 Å². The zero-order chi connectivity index (χ0) is 11.5. The van der Waals surface area contributed by atoms with E-state index in [-0.39, 0.29) is 5.82 Å². The predicted octanol–water partition coefficient (Wildman–Crippen LogP) is 3.09. The van der Waals surface area contributed by atoms with E-state index >= 15 is 0 Å². The lowest BCUT2D eigenvalue weighted by molar-refractivity contribution is 0.630. The molecule has 4 heteroatoms. The van der Waals surface area contributed by atoms with Crippen molar-refractivity contribution in [2.45, 2.75) is 20.4 Å². The summed E-state index contributed by atoms with van der Waals surface area (Å²) in [5.74, 6) is 0.399. The number of imidazole rings is 1. The van der Waals surface area contributed by atoms with Gasteiger partial charge in [-0.3, -0.25) is 0 Å². The Hall–Kier alpha value is -1.84. The van der Waals surface area contributed by atoms with Crippen LogP contribution >= 0.6 is 0 Å². The number of rotatable bonds is 3. The number of anilines is 2. The van der Waals surface area contributed by atoms with Gasteiger partial charge in [-0.25, -0.2) is 9.37 Å². The molecule has 2 rings (SSSR count). The van der Waals surface area contributed by atoms with Crippen LogP contribution in [0.2, 0.25) is 0 Å². The summed E-state index contributed by atoms with van der Waals surface area (Å²) in [6.45, 7) is 4.67. The van der Waals surface area contributed by atoms with Crippen LogP contribution < -0.4 is 5.32 Å². The van der Waals surface area contributed by atoms with Gasteiger partial charge in [-0.15, -0.1) is 0 Å². The summed E-state index contributed by atoms with van der Waals surface area (Å²) in [7, 11) is 0. The molecule has 0 aliphatic carbocycles. The predicted molar refractivity (Wildman–Crippen MR) is 62.3 cm³/mol. The van der Waals surface area contributed by atoms with E-state index in [2.05, 4.69) is 10.3 Å². The summed E-state index contributed by atoms with van der Waals surface area (Å²) in [6.07, 6.45) is 3.55. The van der Waals surface area contributed by atoms with Crippen molar-refractivity contribution in [2.24, 2.45) is 0 Å². The molecule has 0 radical (unpaired) electrons. The highest BCUT2D eigenvalue weighted by molar-refractivity contribution is 5.55. The summed E-state index contributed by atoms with van der Waals surface area (Å²) in [5, 5.41) is 2.98. The molecule has 0 unspecified atom stereocenters. The highest BCUT2D eigenvalue weighted by Gasteiger charge is 2.05. The van der Waals surface area contributed by atoms with Crippen LogP contribution in [-0.2, 0) is 6.54 Å². The number of nitrogens with one attached hydrogen (secondary N) is 1. The van der Waals surface area contributed by atoms with Gasteiger partial charge in [-0.05, 0) is 31.5 Å². The van der Waals surface area contributed by atoms with Gasteiger partial charge in [0.1, 0.15) is 5.82 Å². The highest BCUT2D eigenvalue weighted by atomic mass is 19.1. The van der Waals surface area contributed by atoms with Gasteiger partial charge >= 0.3 is 0 Å². The van der Waals surface area contributed by atoms with E-state index in [1.54, 1.807) is 12.3 Å². The molecule has 0 fully saturated rings. The van der Waals surface area contributed by atoms with Crippen molar-refractivity contribution in [3.63, 3.8) is 0 Å². The molecule has 1 aromatic heterocycles. The minimum Gasteiger partial charge on any atom is -0.323 e. The molecule has 2 aromatic rings. The van der Waals surface area contributed by atoms with E-state index < -0.39 is 0 Å². The van der Waals surface area contributed by atoms with Crippen LogP contribution in [0.3, 0.4) is 0 Å². The van der Waals surface area contributed by atoms with Gasteiger partial charge in [-0.1, -0.05) is 6.07 Å². The number of nitrogens with zero attached hydrogens (tertiary/aromatic N) is 2. The lowest BCUT2D eigenvalue weighted by Crippen LogP contribution is -2.02. The van der Waals surface area contributed by atoms with Gasteiger partial charge in [-0.2, -0.15) is 0 Å². The largest absolute Gasteiger partial charge is 0.323 e. The van der Waals surface area contributed by atoms with Gasteiger partial charge < -0.3 is 9.88 Å². The van der Waals surface area contributed by atoms with E-state index in [9.17, 15) is 4.39 Å². The molecule has 0 aliphatic rings. The highest BCUT2D eigenvalue weighted by Crippen LogP contribution is 2.19. The maximum absolute atomic E-state index is 13.6. The summed E-state index contributed by atoms with van der Waals surface area (Å²) in [6, 6.07) is 5.09. The third kappa shape index (κ3) is 2.05. The van der Waals surface area contributed by atoms with Crippen molar-refractivity contribution in [2.75, 3.05) is 5.32 Å². The van der Waals surface area contributed by atoms with Gasteiger partial charge in [0.15, 0.2) is 0 Å².